The van der Waals surface area contributed by atoms with Gasteiger partial charge in [0.1, 0.15) is 6.20 Å². The second-order valence-electron chi connectivity index (χ2n) is 2.03. The lowest BCUT2D eigenvalue weighted by Crippen LogP contribution is -3.05. The fraction of sp³-hybridized carbons (Fsp3) is 0.286. The van der Waals surface area contributed by atoms with Gasteiger partial charge < -0.3 is 10.4 Å². The molecule has 1 N–H and O–H groups in total. The third-order valence-electron chi connectivity index (χ3n) is 1.26. The number of amidine groups is 1. The summed E-state index contributed by atoms with van der Waals surface area (Å²) in [6.45, 7) is 2.01. The third kappa shape index (κ3) is 4.12. The summed E-state index contributed by atoms with van der Waals surface area (Å²) >= 11 is 0. The van der Waals surface area contributed by atoms with Crippen molar-refractivity contribution in [3.63, 3.8) is 0 Å². The van der Waals surface area contributed by atoms with Crippen molar-refractivity contribution in [2.24, 2.45) is 9.98 Å². The largest absolute Gasteiger partial charge is 0.422 e. The molecule has 0 aromatic heterocycles. The second kappa shape index (κ2) is 5.98. The van der Waals surface area contributed by atoms with E-state index in [1.54, 1.807) is 0 Å². The zero-order valence-corrected chi connectivity index (χ0v) is 6.94. The standard InChI is InChI=1S/C5H8N2.C2N3/c1-5-6-3-4-7(5)2;3-1-5-2-4/h3-4H,1-2H3;/q;-1/p+1. The van der Waals surface area contributed by atoms with Crippen LogP contribution in [0.3, 0.4) is 0 Å². The number of hydrogen-bond donors (Lipinski definition) is 1. The lowest BCUT2D eigenvalue weighted by atomic mass is 10.6. The van der Waals surface area contributed by atoms with Crippen LogP contribution in [0.25, 0.3) is 5.41 Å². The maximum absolute atomic E-state index is 7.43. The van der Waals surface area contributed by atoms with Gasteiger partial charge in [0.15, 0.2) is 0 Å². The molecule has 0 fully saturated rings. The van der Waals surface area contributed by atoms with Crippen LogP contribution in [0.2, 0.25) is 0 Å². The van der Waals surface area contributed by atoms with Crippen molar-refractivity contribution in [3.05, 3.63) is 17.8 Å². The van der Waals surface area contributed by atoms with E-state index in [-0.39, 0.29) is 0 Å². The van der Waals surface area contributed by atoms with Crippen molar-refractivity contribution in [2.45, 2.75) is 6.92 Å². The normalized spacial score (nSPS) is 18.1. The fourth-order valence-corrected chi connectivity index (χ4v) is 0.506. The zero-order valence-electron chi connectivity index (χ0n) is 6.94. The molecule has 1 rings (SSSR count). The Morgan fingerprint density at radius 1 is 1.75 bits per heavy atom. The molecule has 5 heteroatoms. The highest BCUT2D eigenvalue weighted by molar-refractivity contribution is 5.72. The highest BCUT2D eigenvalue weighted by atomic mass is 15.2. The molecule has 1 unspecified atom stereocenters. The summed E-state index contributed by atoms with van der Waals surface area (Å²) in [6, 6.07) is 1.28. The van der Waals surface area contributed by atoms with Crippen LogP contribution in [-0.4, -0.2) is 18.9 Å². The van der Waals surface area contributed by atoms with Crippen molar-refractivity contribution >= 4 is 11.8 Å². The Balaban J connectivity index is 0.000000217. The minimum absolute atomic E-state index is 1.14. The van der Waals surface area contributed by atoms with E-state index in [9.17, 15) is 0 Å². The first-order chi connectivity index (χ1) is 5.72. The SMILES string of the molecule is CC1=NC=C[NH+]1C.N#CN=C=[N-]. The lowest BCUT2D eigenvalue weighted by Gasteiger charge is -1.96. The van der Waals surface area contributed by atoms with E-state index >= 15 is 0 Å². The molecule has 1 aliphatic heterocycles. The van der Waals surface area contributed by atoms with Crippen LogP contribution in [0.1, 0.15) is 6.92 Å². The van der Waals surface area contributed by atoms with E-state index in [0.29, 0.717) is 0 Å². The zero-order chi connectivity index (χ0) is 9.40. The molecule has 0 spiro atoms. The molecule has 0 saturated heterocycles. The molecule has 0 aromatic rings. The van der Waals surface area contributed by atoms with Crippen LogP contribution in [0, 0.1) is 11.5 Å². The summed E-state index contributed by atoms with van der Waals surface area (Å²) < 4.78 is 0. The summed E-state index contributed by atoms with van der Waals surface area (Å²) in [6.07, 6.45) is 5.11. The maximum Gasteiger partial charge on any atom is 0.202 e. The molecule has 5 nitrogen and oxygen atoms in total. The number of hydrogen-bond acceptors (Lipinski definition) is 3. The topological polar surface area (TPSA) is 75.2 Å². The van der Waals surface area contributed by atoms with Crippen LogP contribution < -0.4 is 4.90 Å². The molecule has 12 heavy (non-hydrogen) atoms. The highest BCUT2D eigenvalue weighted by Crippen LogP contribution is 1.75. The van der Waals surface area contributed by atoms with E-state index in [2.05, 4.69) is 17.0 Å². The van der Waals surface area contributed by atoms with Gasteiger partial charge in [0, 0.05) is 6.92 Å². The van der Waals surface area contributed by atoms with E-state index < -0.39 is 0 Å². The van der Waals surface area contributed by atoms with Crippen LogP contribution in [0.5, 0.6) is 0 Å². The van der Waals surface area contributed by atoms with Crippen LogP contribution in [-0.2, 0) is 0 Å². The third-order valence-corrected chi connectivity index (χ3v) is 1.26. The molecule has 1 aliphatic rings. The summed E-state index contributed by atoms with van der Waals surface area (Å²) in [5.41, 5.74) is 0. The molecule has 0 aromatic carbocycles. The van der Waals surface area contributed by atoms with Gasteiger partial charge in [0.05, 0.1) is 19.4 Å². The van der Waals surface area contributed by atoms with Gasteiger partial charge >= 0.3 is 0 Å². The minimum atomic E-state index is 1.14. The Bertz CT molecular complexity index is 277. The van der Waals surface area contributed by atoms with E-state index in [1.807, 2.05) is 19.3 Å². The van der Waals surface area contributed by atoms with Crippen LogP contribution >= 0.6 is 0 Å². The number of aliphatic imine (C=N–C) groups is 2. The predicted molar refractivity (Wildman–Crippen MR) is 45.5 cm³/mol. The summed E-state index contributed by atoms with van der Waals surface area (Å²) in [7, 11) is 2.06. The Morgan fingerprint density at radius 3 is 2.50 bits per heavy atom. The van der Waals surface area contributed by atoms with Gasteiger partial charge in [0.2, 0.25) is 5.84 Å². The lowest BCUT2D eigenvalue weighted by molar-refractivity contribution is -0.718. The molecule has 0 saturated carbocycles. The Kier molecular flexibility index (Phi) is 5.11. The molecular weight excluding hydrogens is 154 g/mol. The number of nitrogens with one attached hydrogen (secondary N) is 1. The van der Waals surface area contributed by atoms with E-state index in [0.717, 1.165) is 5.84 Å². The Labute approximate surface area is 70.9 Å². The average Bonchev–Trinajstić information content (AvgIpc) is 2.39. The van der Waals surface area contributed by atoms with Gasteiger partial charge in [-0.25, -0.2) is 4.99 Å². The second-order valence-corrected chi connectivity index (χ2v) is 2.03. The van der Waals surface area contributed by atoms with E-state index in [4.69, 9.17) is 10.7 Å². The first kappa shape index (κ1) is 10.2. The molecule has 0 bridgehead atoms. The van der Waals surface area contributed by atoms with Crippen molar-refractivity contribution in [3.8, 4) is 6.19 Å². The fourth-order valence-electron chi connectivity index (χ4n) is 0.506. The first-order valence-electron chi connectivity index (χ1n) is 3.25. The molecule has 0 aliphatic carbocycles. The average molecular weight is 163 g/mol. The van der Waals surface area contributed by atoms with Crippen LogP contribution in [0.4, 0.5) is 0 Å². The van der Waals surface area contributed by atoms with Crippen molar-refractivity contribution in [1.82, 2.24) is 0 Å². The minimum Gasteiger partial charge on any atom is -0.422 e. The molecule has 1 heterocycles. The summed E-state index contributed by atoms with van der Waals surface area (Å²) in [5.74, 6) is 1.14. The Hall–Kier alpha value is -1.76. The molecule has 0 radical (unpaired) electrons. The van der Waals surface area contributed by atoms with Crippen molar-refractivity contribution < 1.29 is 4.90 Å². The number of nitrogens with zero attached hydrogens (tertiary/aromatic N) is 4. The molecular formula is C7H9N5. The number of nitriles is 1. The van der Waals surface area contributed by atoms with Gasteiger partial charge in [-0.15, -0.1) is 6.01 Å². The van der Waals surface area contributed by atoms with E-state index in [1.165, 1.54) is 17.1 Å². The number of quaternary nitrogens is 1. The first-order valence-corrected chi connectivity index (χ1v) is 3.25. The maximum atomic E-state index is 7.43. The van der Waals surface area contributed by atoms with Crippen LogP contribution in [0.15, 0.2) is 22.4 Å². The number of rotatable bonds is 0. The predicted octanol–water partition coefficient (Wildman–Crippen LogP) is -0.385. The Morgan fingerprint density at radius 2 is 2.42 bits per heavy atom. The highest BCUT2D eigenvalue weighted by Gasteiger charge is 2.04. The quantitative estimate of drug-likeness (QED) is 0.383. The summed E-state index contributed by atoms with van der Waals surface area (Å²) in [4.78, 5) is 7.88. The van der Waals surface area contributed by atoms with Crippen molar-refractivity contribution in [1.29, 1.82) is 5.26 Å². The van der Waals surface area contributed by atoms with Gasteiger partial charge in [-0.3, -0.25) is 4.90 Å². The summed E-state index contributed by atoms with van der Waals surface area (Å²) in [5, 5.41) is 14.9. The van der Waals surface area contributed by atoms with Gasteiger partial charge in [-0.2, -0.15) is 5.26 Å². The van der Waals surface area contributed by atoms with Gasteiger partial charge in [0.25, 0.3) is 0 Å². The smallest absolute Gasteiger partial charge is 0.202 e. The molecule has 62 valence electrons. The monoisotopic (exact) mass is 163 g/mol. The molecule has 0 amide bonds. The van der Waals surface area contributed by atoms with Gasteiger partial charge in [-0.1, -0.05) is 0 Å². The molecule has 1 atom stereocenters. The van der Waals surface area contributed by atoms with Gasteiger partial charge in [-0.05, 0) is 0 Å². The van der Waals surface area contributed by atoms with Crippen molar-refractivity contribution in [2.75, 3.05) is 7.05 Å².